The number of carbonyl (C=O) groups excluding carboxylic acids is 1. The van der Waals surface area contributed by atoms with E-state index >= 15 is 0 Å². The first-order chi connectivity index (χ1) is 10.4. The molecule has 2 rings (SSSR count). The molecule has 1 fully saturated rings. The first-order valence-corrected chi connectivity index (χ1v) is 9.03. The lowest BCUT2D eigenvalue weighted by atomic mass is 10.0. The van der Waals surface area contributed by atoms with Gasteiger partial charge in [-0.1, -0.05) is 0 Å². The SMILES string of the molecule is CCS(=O)(=O)NC1CCN(C(=O)c2ccc(OC)cc2)CC1. The van der Waals surface area contributed by atoms with Crippen LogP contribution in [0.1, 0.15) is 30.1 Å². The van der Waals surface area contributed by atoms with E-state index in [2.05, 4.69) is 4.72 Å². The normalized spacial score (nSPS) is 16.5. The third kappa shape index (κ3) is 4.20. The number of likely N-dealkylation sites (tertiary alicyclic amines) is 1. The van der Waals surface area contributed by atoms with Gasteiger partial charge in [-0.3, -0.25) is 4.79 Å². The van der Waals surface area contributed by atoms with Crippen LogP contribution in [0.25, 0.3) is 0 Å². The number of hydrogen-bond acceptors (Lipinski definition) is 4. The minimum atomic E-state index is -3.18. The van der Waals surface area contributed by atoms with Crippen LogP contribution < -0.4 is 9.46 Å². The van der Waals surface area contributed by atoms with Crippen molar-refractivity contribution in [1.82, 2.24) is 9.62 Å². The van der Waals surface area contributed by atoms with Crippen LogP contribution in [0.2, 0.25) is 0 Å². The molecule has 0 bridgehead atoms. The first-order valence-electron chi connectivity index (χ1n) is 7.38. The maximum atomic E-state index is 12.4. The van der Waals surface area contributed by atoms with Crippen LogP contribution in [0, 0.1) is 0 Å². The molecular weight excluding hydrogens is 304 g/mol. The van der Waals surface area contributed by atoms with Gasteiger partial charge in [0.2, 0.25) is 10.0 Å². The number of rotatable bonds is 5. The molecule has 1 aromatic rings. The topological polar surface area (TPSA) is 75.7 Å². The highest BCUT2D eigenvalue weighted by molar-refractivity contribution is 7.89. The summed E-state index contributed by atoms with van der Waals surface area (Å²) in [5.41, 5.74) is 0.619. The van der Waals surface area contributed by atoms with Crippen LogP contribution in [-0.4, -0.2) is 51.2 Å². The molecule has 7 heteroatoms. The van der Waals surface area contributed by atoms with Crippen LogP contribution in [-0.2, 0) is 10.0 Å². The summed E-state index contributed by atoms with van der Waals surface area (Å²) in [4.78, 5) is 14.2. The highest BCUT2D eigenvalue weighted by Crippen LogP contribution is 2.17. The molecule has 0 aromatic heterocycles. The fourth-order valence-electron chi connectivity index (χ4n) is 2.45. The van der Waals surface area contributed by atoms with Gasteiger partial charge in [-0.25, -0.2) is 13.1 Å². The number of nitrogens with one attached hydrogen (secondary N) is 1. The number of sulfonamides is 1. The number of methoxy groups -OCH3 is 1. The van der Waals surface area contributed by atoms with Crippen LogP contribution in [0.3, 0.4) is 0 Å². The summed E-state index contributed by atoms with van der Waals surface area (Å²) in [5, 5.41) is 0. The van der Waals surface area contributed by atoms with Gasteiger partial charge in [0, 0.05) is 24.7 Å². The summed E-state index contributed by atoms with van der Waals surface area (Å²) in [6.45, 7) is 2.73. The maximum Gasteiger partial charge on any atom is 0.253 e. The molecule has 1 aliphatic heterocycles. The van der Waals surface area contributed by atoms with Crippen molar-refractivity contribution in [3.05, 3.63) is 29.8 Å². The van der Waals surface area contributed by atoms with Crippen molar-refractivity contribution in [1.29, 1.82) is 0 Å². The predicted molar refractivity (Wildman–Crippen MR) is 84.5 cm³/mol. The number of benzene rings is 1. The van der Waals surface area contributed by atoms with E-state index in [-0.39, 0.29) is 17.7 Å². The molecule has 1 aromatic carbocycles. The van der Waals surface area contributed by atoms with E-state index in [4.69, 9.17) is 4.74 Å². The lowest BCUT2D eigenvalue weighted by Gasteiger charge is -2.32. The predicted octanol–water partition coefficient (Wildman–Crippen LogP) is 1.24. The Morgan fingerprint density at radius 1 is 1.27 bits per heavy atom. The zero-order chi connectivity index (χ0) is 16.2. The number of carbonyl (C=O) groups is 1. The van der Waals surface area contributed by atoms with Crippen LogP contribution in [0.4, 0.5) is 0 Å². The largest absolute Gasteiger partial charge is 0.497 e. The van der Waals surface area contributed by atoms with Crippen molar-refractivity contribution in [3.8, 4) is 5.75 Å². The molecule has 122 valence electrons. The molecule has 0 saturated carbocycles. The Bertz CT molecular complexity index is 605. The Morgan fingerprint density at radius 3 is 2.36 bits per heavy atom. The van der Waals surface area contributed by atoms with Crippen LogP contribution in [0.15, 0.2) is 24.3 Å². The molecular formula is C15H22N2O4S. The Morgan fingerprint density at radius 2 is 1.86 bits per heavy atom. The smallest absolute Gasteiger partial charge is 0.253 e. The van der Waals surface area contributed by atoms with Gasteiger partial charge in [0.05, 0.1) is 12.9 Å². The summed E-state index contributed by atoms with van der Waals surface area (Å²) in [5.74, 6) is 0.765. The van der Waals surface area contributed by atoms with Gasteiger partial charge in [0.15, 0.2) is 0 Å². The summed E-state index contributed by atoms with van der Waals surface area (Å²) in [6, 6.07) is 6.93. The summed E-state index contributed by atoms with van der Waals surface area (Å²) in [7, 11) is -1.60. The molecule has 1 heterocycles. The third-order valence-corrected chi connectivity index (χ3v) is 5.30. The van der Waals surface area contributed by atoms with Crippen molar-refractivity contribution >= 4 is 15.9 Å². The summed E-state index contributed by atoms with van der Waals surface area (Å²) in [6.07, 6.45) is 1.28. The Kier molecular flexibility index (Phi) is 5.42. The third-order valence-electron chi connectivity index (χ3n) is 3.85. The average molecular weight is 326 g/mol. The molecule has 0 aliphatic carbocycles. The van der Waals surface area contributed by atoms with Gasteiger partial charge in [0.25, 0.3) is 5.91 Å². The number of nitrogens with zero attached hydrogens (tertiary/aromatic N) is 1. The minimum absolute atomic E-state index is 0.0283. The Hall–Kier alpha value is -1.60. The number of ether oxygens (including phenoxy) is 1. The number of amides is 1. The highest BCUT2D eigenvalue weighted by atomic mass is 32.2. The van der Waals surface area contributed by atoms with Gasteiger partial charge in [0.1, 0.15) is 5.75 Å². The second kappa shape index (κ2) is 7.11. The van der Waals surface area contributed by atoms with Crippen molar-refractivity contribution in [2.75, 3.05) is 26.0 Å². The Balaban J connectivity index is 1.92. The van der Waals surface area contributed by atoms with E-state index < -0.39 is 10.0 Å². The van der Waals surface area contributed by atoms with Crippen molar-refractivity contribution in [2.24, 2.45) is 0 Å². The monoisotopic (exact) mass is 326 g/mol. The molecule has 0 radical (unpaired) electrons. The van der Waals surface area contributed by atoms with Crippen molar-refractivity contribution in [2.45, 2.75) is 25.8 Å². The summed E-state index contributed by atoms with van der Waals surface area (Å²) < 4.78 is 30.9. The molecule has 0 atom stereocenters. The molecule has 22 heavy (non-hydrogen) atoms. The molecule has 0 unspecified atom stereocenters. The zero-order valence-electron chi connectivity index (χ0n) is 12.9. The second-order valence-corrected chi connectivity index (χ2v) is 7.36. The molecule has 1 aliphatic rings. The van der Waals surface area contributed by atoms with E-state index in [0.29, 0.717) is 37.2 Å². The maximum absolute atomic E-state index is 12.4. The van der Waals surface area contributed by atoms with E-state index in [0.717, 1.165) is 0 Å². The molecule has 1 saturated heterocycles. The van der Waals surface area contributed by atoms with Crippen molar-refractivity contribution in [3.63, 3.8) is 0 Å². The van der Waals surface area contributed by atoms with E-state index in [1.54, 1.807) is 43.2 Å². The Labute approximate surface area is 131 Å². The van der Waals surface area contributed by atoms with E-state index in [1.807, 2.05) is 0 Å². The lowest BCUT2D eigenvalue weighted by molar-refractivity contribution is 0.0711. The fraction of sp³-hybridized carbons (Fsp3) is 0.533. The van der Waals surface area contributed by atoms with Crippen molar-refractivity contribution < 1.29 is 17.9 Å². The summed E-state index contributed by atoms with van der Waals surface area (Å²) >= 11 is 0. The molecule has 6 nitrogen and oxygen atoms in total. The number of piperidine rings is 1. The lowest BCUT2D eigenvalue weighted by Crippen LogP contribution is -2.46. The fourth-order valence-corrected chi connectivity index (χ4v) is 3.36. The van der Waals surface area contributed by atoms with Gasteiger partial charge < -0.3 is 9.64 Å². The van der Waals surface area contributed by atoms with E-state index in [1.165, 1.54) is 0 Å². The molecule has 1 amide bonds. The highest BCUT2D eigenvalue weighted by Gasteiger charge is 2.25. The average Bonchev–Trinajstić information content (AvgIpc) is 2.55. The number of hydrogen-bond donors (Lipinski definition) is 1. The minimum Gasteiger partial charge on any atom is -0.497 e. The van der Waals surface area contributed by atoms with Gasteiger partial charge in [-0.2, -0.15) is 0 Å². The van der Waals surface area contributed by atoms with Crippen LogP contribution >= 0.6 is 0 Å². The van der Waals surface area contributed by atoms with Gasteiger partial charge >= 0.3 is 0 Å². The van der Waals surface area contributed by atoms with E-state index in [9.17, 15) is 13.2 Å². The van der Waals surface area contributed by atoms with Gasteiger partial charge in [-0.15, -0.1) is 0 Å². The standard InChI is InChI=1S/C15H22N2O4S/c1-3-22(19,20)16-13-8-10-17(11-9-13)15(18)12-4-6-14(21-2)7-5-12/h4-7,13,16H,3,8-11H2,1-2H3. The quantitative estimate of drug-likeness (QED) is 0.883. The van der Waals surface area contributed by atoms with Crippen LogP contribution in [0.5, 0.6) is 5.75 Å². The molecule has 1 N–H and O–H groups in total. The first kappa shape index (κ1) is 16.8. The second-order valence-electron chi connectivity index (χ2n) is 5.32. The van der Waals surface area contributed by atoms with Gasteiger partial charge in [-0.05, 0) is 44.0 Å². The zero-order valence-corrected chi connectivity index (χ0v) is 13.7. The molecule has 0 spiro atoms.